The number of rotatable bonds is 1. The van der Waals surface area contributed by atoms with Crippen LogP contribution in [0.2, 0.25) is 0 Å². The second-order valence-corrected chi connectivity index (χ2v) is 2.33. The third-order valence-corrected chi connectivity index (χ3v) is 1.57. The predicted molar refractivity (Wildman–Crippen MR) is 32.1 cm³/mol. The van der Waals surface area contributed by atoms with Gasteiger partial charge in [-0.2, -0.15) is 8.78 Å². The van der Waals surface area contributed by atoms with E-state index >= 15 is 0 Å². The number of aliphatic hydroxyl groups excluding tert-OH is 2. The van der Waals surface area contributed by atoms with Gasteiger partial charge in [0.15, 0.2) is 18.0 Å². The molecule has 64 valence electrons. The summed E-state index contributed by atoms with van der Waals surface area (Å²) in [5.41, 5.74) is 0. The van der Waals surface area contributed by atoms with E-state index in [1.54, 1.807) is 0 Å². The van der Waals surface area contributed by atoms with Crippen LogP contribution >= 0.6 is 0 Å². The largest absolute Gasteiger partial charge is 0.484 e. The topological polar surface area (TPSA) is 49.7 Å². The van der Waals surface area contributed by atoms with Crippen LogP contribution in [0, 0.1) is 0 Å². The molecule has 0 saturated carbocycles. The Hall–Kier alpha value is -0.680. The van der Waals surface area contributed by atoms with E-state index < -0.39 is 30.5 Å². The SMILES string of the molecule is C=C1O[C@H](CO)[C@@H](O)C1(F)F. The van der Waals surface area contributed by atoms with Gasteiger partial charge in [-0.25, -0.2) is 0 Å². The first kappa shape index (κ1) is 8.42. The highest BCUT2D eigenvalue weighted by atomic mass is 19.3. The molecule has 1 heterocycles. The van der Waals surface area contributed by atoms with Crippen molar-refractivity contribution in [2.75, 3.05) is 6.61 Å². The highest BCUT2D eigenvalue weighted by molar-refractivity contribution is 5.11. The lowest BCUT2D eigenvalue weighted by Gasteiger charge is -2.12. The molecule has 0 aromatic rings. The average molecular weight is 166 g/mol. The Bertz CT molecular complexity index is 181. The minimum atomic E-state index is -3.44. The number of ether oxygens (including phenoxy) is 1. The zero-order valence-corrected chi connectivity index (χ0v) is 5.63. The second kappa shape index (κ2) is 2.42. The Morgan fingerprint density at radius 3 is 2.36 bits per heavy atom. The van der Waals surface area contributed by atoms with Gasteiger partial charge in [-0.05, 0) is 0 Å². The van der Waals surface area contributed by atoms with Crippen molar-refractivity contribution in [1.82, 2.24) is 0 Å². The van der Waals surface area contributed by atoms with Crippen LogP contribution < -0.4 is 0 Å². The van der Waals surface area contributed by atoms with E-state index in [2.05, 4.69) is 11.3 Å². The lowest BCUT2D eigenvalue weighted by Crippen LogP contribution is -2.36. The van der Waals surface area contributed by atoms with Gasteiger partial charge in [0.2, 0.25) is 0 Å². The summed E-state index contributed by atoms with van der Waals surface area (Å²) in [5, 5.41) is 17.2. The van der Waals surface area contributed by atoms with Gasteiger partial charge in [-0.3, -0.25) is 0 Å². The number of aliphatic hydroxyl groups is 2. The molecule has 1 fully saturated rings. The van der Waals surface area contributed by atoms with E-state index in [4.69, 9.17) is 10.2 Å². The Kier molecular flexibility index (Phi) is 1.85. The first-order valence-corrected chi connectivity index (χ1v) is 3.03. The molecule has 11 heavy (non-hydrogen) atoms. The van der Waals surface area contributed by atoms with Crippen molar-refractivity contribution >= 4 is 0 Å². The third-order valence-electron chi connectivity index (χ3n) is 1.57. The van der Waals surface area contributed by atoms with E-state index in [-0.39, 0.29) is 0 Å². The molecule has 2 atom stereocenters. The molecule has 1 aliphatic heterocycles. The Labute approximate surface area is 61.9 Å². The molecule has 0 bridgehead atoms. The van der Waals surface area contributed by atoms with Crippen LogP contribution in [-0.4, -0.2) is 35.0 Å². The molecule has 5 heteroatoms. The summed E-state index contributed by atoms with van der Waals surface area (Å²) < 4.78 is 29.6. The van der Waals surface area contributed by atoms with Crippen molar-refractivity contribution in [2.24, 2.45) is 0 Å². The lowest BCUT2D eigenvalue weighted by atomic mass is 10.1. The maximum atomic E-state index is 12.6. The molecule has 0 radical (unpaired) electrons. The van der Waals surface area contributed by atoms with Gasteiger partial charge in [-0.1, -0.05) is 6.58 Å². The third kappa shape index (κ3) is 1.10. The maximum Gasteiger partial charge on any atom is 0.332 e. The fourth-order valence-electron chi connectivity index (χ4n) is 0.861. The molecule has 3 nitrogen and oxygen atoms in total. The summed E-state index contributed by atoms with van der Waals surface area (Å²) in [7, 11) is 0. The summed E-state index contributed by atoms with van der Waals surface area (Å²) in [6.45, 7) is 2.27. The summed E-state index contributed by atoms with van der Waals surface area (Å²) in [6.07, 6.45) is -3.24. The van der Waals surface area contributed by atoms with Crippen molar-refractivity contribution in [3.63, 3.8) is 0 Å². The first-order chi connectivity index (χ1) is 5.00. The highest BCUT2D eigenvalue weighted by Crippen LogP contribution is 2.37. The molecule has 2 N–H and O–H groups in total. The molecular weight excluding hydrogens is 158 g/mol. The zero-order valence-electron chi connectivity index (χ0n) is 5.63. The van der Waals surface area contributed by atoms with Crippen molar-refractivity contribution in [3.8, 4) is 0 Å². The van der Waals surface area contributed by atoms with Crippen LogP contribution in [0.3, 0.4) is 0 Å². The van der Waals surface area contributed by atoms with E-state index in [1.807, 2.05) is 0 Å². The minimum Gasteiger partial charge on any atom is -0.484 e. The molecule has 1 saturated heterocycles. The van der Waals surface area contributed by atoms with E-state index in [1.165, 1.54) is 0 Å². The van der Waals surface area contributed by atoms with Crippen LogP contribution in [0.25, 0.3) is 0 Å². The van der Waals surface area contributed by atoms with E-state index in [0.717, 1.165) is 0 Å². The van der Waals surface area contributed by atoms with Crippen LogP contribution in [-0.2, 0) is 4.74 Å². The number of halogens is 2. The van der Waals surface area contributed by atoms with Gasteiger partial charge in [0.25, 0.3) is 0 Å². The van der Waals surface area contributed by atoms with E-state index in [0.29, 0.717) is 0 Å². The fraction of sp³-hybridized carbons (Fsp3) is 0.667. The standard InChI is InChI=1S/C6H8F2O3/c1-3-6(7,8)5(10)4(2-9)11-3/h4-5,9-10H,1-2H2/t4-,5-/m1/s1. The smallest absolute Gasteiger partial charge is 0.332 e. The summed E-state index contributed by atoms with van der Waals surface area (Å²) in [5.74, 6) is -4.23. The minimum absolute atomic E-state index is 0.643. The number of hydrogen-bond acceptors (Lipinski definition) is 3. The van der Waals surface area contributed by atoms with E-state index in [9.17, 15) is 8.78 Å². The predicted octanol–water partition coefficient (Wildman–Crippen LogP) is -0.113. The maximum absolute atomic E-state index is 12.6. The quantitative estimate of drug-likeness (QED) is 0.571. The zero-order chi connectivity index (χ0) is 8.65. The van der Waals surface area contributed by atoms with Crippen LogP contribution in [0.4, 0.5) is 8.78 Å². The monoisotopic (exact) mass is 166 g/mol. The molecule has 0 unspecified atom stereocenters. The summed E-state index contributed by atoms with van der Waals surface area (Å²) in [6, 6.07) is 0. The molecule has 0 amide bonds. The van der Waals surface area contributed by atoms with Crippen LogP contribution in [0.1, 0.15) is 0 Å². The van der Waals surface area contributed by atoms with Gasteiger partial charge >= 0.3 is 5.92 Å². The van der Waals surface area contributed by atoms with Gasteiger partial charge in [-0.15, -0.1) is 0 Å². The van der Waals surface area contributed by atoms with Gasteiger partial charge in [0, 0.05) is 0 Å². The van der Waals surface area contributed by atoms with Crippen LogP contribution in [0.15, 0.2) is 12.3 Å². The lowest BCUT2D eigenvalue weighted by molar-refractivity contribution is -0.0738. The van der Waals surface area contributed by atoms with Gasteiger partial charge < -0.3 is 14.9 Å². The molecule has 0 aromatic heterocycles. The Morgan fingerprint density at radius 1 is 1.64 bits per heavy atom. The van der Waals surface area contributed by atoms with Gasteiger partial charge in [0.1, 0.15) is 0 Å². The highest BCUT2D eigenvalue weighted by Gasteiger charge is 2.54. The van der Waals surface area contributed by atoms with Crippen LogP contribution in [0.5, 0.6) is 0 Å². The first-order valence-electron chi connectivity index (χ1n) is 3.03. The van der Waals surface area contributed by atoms with Crippen molar-refractivity contribution < 1.29 is 23.7 Å². The fourth-order valence-corrected chi connectivity index (χ4v) is 0.861. The average Bonchev–Trinajstić information content (AvgIpc) is 2.14. The molecule has 1 rings (SSSR count). The second-order valence-electron chi connectivity index (χ2n) is 2.33. The molecular formula is C6H8F2O3. The normalized spacial score (nSPS) is 35.5. The molecule has 1 aliphatic rings. The van der Waals surface area contributed by atoms with Crippen molar-refractivity contribution in [1.29, 1.82) is 0 Å². The molecule has 0 aliphatic carbocycles. The molecule has 0 spiro atoms. The Balaban J connectivity index is 2.80. The van der Waals surface area contributed by atoms with Crippen molar-refractivity contribution in [3.05, 3.63) is 12.3 Å². The molecule has 0 aromatic carbocycles. The van der Waals surface area contributed by atoms with Crippen molar-refractivity contribution in [2.45, 2.75) is 18.1 Å². The number of hydrogen-bond donors (Lipinski definition) is 2. The van der Waals surface area contributed by atoms with Gasteiger partial charge in [0.05, 0.1) is 6.61 Å². The Morgan fingerprint density at radius 2 is 2.18 bits per heavy atom. The number of alkyl halides is 2. The summed E-state index contributed by atoms with van der Waals surface area (Å²) in [4.78, 5) is 0. The summed E-state index contributed by atoms with van der Waals surface area (Å²) >= 11 is 0.